The normalized spacial score (nSPS) is 12.7. The zero-order valence-corrected chi connectivity index (χ0v) is 22.1. The summed E-state index contributed by atoms with van der Waals surface area (Å²) in [6.07, 6.45) is 3.63. The van der Waals surface area contributed by atoms with Gasteiger partial charge in [0.2, 0.25) is 5.91 Å². The number of imidazole rings is 1. The molecule has 0 saturated carbocycles. The molecule has 3 N–H and O–H groups in total. The number of ether oxygens (including phenoxy) is 2. The summed E-state index contributed by atoms with van der Waals surface area (Å²) in [5.74, 6) is 1.14. The van der Waals surface area contributed by atoms with Crippen molar-refractivity contribution in [3.05, 3.63) is 72.8 Å². The van der Waals surface area contributed by atoms with Gasteiger partial charge in [0.1, 0.15) is 18.2 Å². The highest BCUT2D eigenvalue weighted by atomic mass is 31.1. The number of nitrogens with zero attached hydrogens (tertiary/aromatic N) is 4. The number of para-hydroxylation sites is 2. The molecule has 12 heteroatoms. The molecular formula is C26H31N6O5P. The third-order valence-corrected chi connectivity index (χ3v) is 6.40. The molecule has 4 rings (SSSR count). The zero-order chi connectivity index (χ0) is 26.7. The van der Waals surface area contributed by atoms with Crippen molar-refractivity contribution in [3.63, 3.8) is 0 Å². The lowest BCUT2D eigenvalue weighted by molar-refractivity contribution is -0.120. The highest BCUT2D eigenvalue weighted by Crippen LogP contribution is 2.35. The zero-order valence-electron chi connectivity index (χ0n) is 21.1. The maximum Gasteiger partial charge on any atom is 0.261 e. The van der Waals surface area contributed by atoms with Crippen molar-refractivity contribution in [1.82, 2.24) is 24.8 Å². The van der Waals surface area contributed by atoms with E-state index in [0.717, 1.165) is 5.56 Å². The molecule has 0 saturated heterocycles. The second-order valence-corrected chi connectivity index (χ2v) is 9.82. The Kier molecular flexibility index (Phi) is 9.66. The van der Waals surface area contributed by atoms with Crippen molar-refractivity contribution in [2.45, 2.75) is 32.4 Å². The monoisotopic (exact) mass is 538 g/mol. The van der Waals surface area contributed by atoms with Crippen LogP contribution in [0.4, 0.5) is 5.82 Å². The van der Waals surface area contributed by atoms with E-state index in [4.69, 9.17) is 19.7 Å². The number of benzene rings is 2. The third kappa shape index (κ3) is 7.77. The van der Waals surface area contributed by atoms with Crippen LogP contribution in [0.2, 0.25) is 0 Å². The van der Waals surface area contributed by atoms with E-state index in [-0.39, 0.29) is 18.4 Å². The highest BCUT2D eigenvalue weighted by Gasteiger charge is 2.14. The fourth-order valence-corrected chi connectivity index (χ4v) is 4.60. The minimum absolute atomic E-state index is 0.0358. The van der Waals surface area contributed by atoms with E-state index in [2.05, 4.69) is 20.3 Å². The minimum atomic E-state index is -2.54. The minimum Gasteiger partial charge on any atom is -0.490 e. The van der Waals surface area contributed by atoms with Crippen LogP contribution in [0.5, 0.6) is 11.5 Å². The number of amides is 1. The van der Waals surface area contributed by atoms with Crippen LogP contribution in [0.3, 0.4) is 0 Å². The average Bonchev–Trinajstić information content (AvgIpc) is 3.32. The first-order chi connectivity index (χ1) is 18.5. The van der Waals surface area contributed by atoms with Crippen LogP contribution >= 0.6 is 8.03 Å². The molecule has 2 aromatic heterocycles. The smallest absolute Gasteiger partial charge is 0.261 e. The van der Waals surface area contributed by atoms with Crippen molar-refractivity contribution >= 4 is 30.9 Å². The first-order valence-corrected chi connectivity index (χ1v) is 13.8. The molecule has 0 aliphatic heterocycles. The molecular weight excluding hydrogens is 507 g/mol. The van der Waals surface area contributed by atoms with Crippen LogP contribution in [-0.2, 0) is 27.1 Å². The Morgan fingerprint density at radius 3 is 2.66 bits per heavy atom. The Bertz CT molecular complexity index is 1370. The number of carbonyl (C=O) groups excluding carboxylic acids is 1. The van der Waals surface area contributed by atoms with Gasteiger partial charge in [-0.2, -0.15) is 0 Å². The van der Waals surface area contributed by atoms with Gasteiger partial charge in [-0.05, 0) is 31.0 Å². The summed E-state index contributed by atoms with van der Waals surface area (Å²) in [5, 5.41) is 2.89. The SMILES string of the molecule is CC(Cn1cnc2c(N)ncnc21)OC[PH](=O)Oc1ccccc1OCCCNC(=O)Cc1ccccc1. The predicted molar refractivity (Wildman–Crippen MR) is 144 cm³/mol. The molecule has 4 aromatic rings. The Balaban J connectivity index is 1.18. The molecule has 0 aliphatic carbocycles. The van der Waals surface area contributed by atoms with Gasteiger partial charge in [-0.25, -0.2) is 15.0 Å². The second-order valence-electron chi connectivity index (χ2n) is 8.58. The largest absolute Gasteiger partial charge is 0.490 e. The highest BCUT2D eigenvalue weighted by molar-refractivity contribution is 7.39. The number of rotatable bonds is 14. The maximum absolute atomic E-state index is 12.6. The van der Waals surface area contributed by atoms with E-state index in [1.165, 1.54) is 6.33 Å². The van der Waals surface area contributed by atoms with Gasteiger partial charge >= 0.3 is 0 Å². The molecule has 200 valence electrons. The third-order valence-electron chi connectivity index (χ3n) is 5.55. The molecule has 0 fully saturated rings. The number of aromatic nitrogens is 4. The van der Waals surface area contributed by atoms with E-state index in [1.54, 1.807) is 24.5 Å². The fraction of sp³-hybridized carbons (Fsp3) is 0.308. The number of nitrogen functional groups attached to an aromatic ring is 1. The Morgan fingerprint density at radius 1 is 1.08 bits per heavy atom. The van der Waals surface area contributed by atoms with E-state index in [0.29, 0.717) is 61.0 Å². The van der Waals surface area contributed by atoms with E-state index in [9.17, 15) is 9.36 Å². The van der Waals surface area contributed by atoms with Gasteiger partial charge < -0.3 is 29.6 Å². The number of fused-ring (bicyclic) bond motifs is 1. The fourth-order valence-electron chi connectivity index (χ4n) is 3.70. The molecule has 2 atom stereocenters. The number of nitrogens with one attached hydrogen (secondary N) is 1. The van der Waals surface area contributed by atoms with Gasteiger partial charge in [0.05, 0.1) is 32.0 Å². The summed E-state index contributed by atoms with van der Waals surface area (Å²) >= 11 is 0. The Morgan fingerprint density at radius 2 is 1.84 bits per heavy atom. The van der Waals surface area contributed by atoms with Crippen LogP contribution in [0.25, 0.3) is 11.2 Å². The quantitative estimate of drug-likeness (QED) is 0.182. The topological polar surface area (TPSA) is 143 Å². The van der Waals surface area contributed by atoms with Gasteiger partial charge in [-0.1, -0.05) is 42.5 Å². The Hall–Kier alpha value is -3.95. The molecule has 38 heavy (non-hydrogen) atoms. The van der Waals surface area contributed by atoms with Crippen molar-refractivity contribution < 1.29 is 23.4 Å². The number of hydrogen-bond donors (Lipinski definition) is 2. The lowest BCUT2D eigenvalue weighted by Crippen LogP contribution is -2.27. The van der Waals surface area contributed by atoms with Crippen molar-refractivity contribution in [1.29, 1.82) is 0 Å². The van der Waals surface area contributed by atoms with Crippen LogP contribution in [0, 0.1) is 0 Å². The number of nitrogens with two attached hydrogens (primary N) is 1. The molecule has 0 aliphatic rings. The van der Waals surface area contributed by atoms with Crippen molar-refractivity contribution in [2.24, 2.45) is 0 Å². The molecule has 1 amide bonds. The molecule has 2 heterocycles. The second kappa shape index (κ2) is 13.6. The summed E-state index contributed by atoms with van der Waals surface area (Å²) in [6.45, 7) is 3.17. The lowest BCUT2D eigenvalue weighted by atomic mass is 10.1. The van der Waals surface area contributed by atoms with Crippen LogP contribution < -0.4 is 20.3 Å². The maximum atomic E-state index is 12.6. The summed E-state index contributed by atoms with van der Waals surface area (Å²) in [6, 6.07) is 16.6. The van der Waals surface area contributed by atoms with E-state index < -0.39 is 8.03 Å². The molecule has 11 nitrogen and oxygen atoms in total. The molecule has 0 spiro atoms. The number of anilines is 1. The van der Waals surface area contributed by atoms with E-state index in [1.807, 2.05) is 47.9 Å². The molecule has 2 aromatic carbocycles. The van der Waals surface area contributed by atoms with Crippen LogP contribution in [-0.4, -0.2) is 51.0 Å². The van der Waals surface area contributed by atoms with Crippen molar-refractivity contribution in [2.75, 3.05) is 25.2 Å². The Labute approximate surface area is 221 Å². The van der Waals surface area contributed by atoms with Gasteiger partial charge in [0, 0.05) is 6.54 Å². The summed E-state index contributed by atoms with van der Waals surface area (Å²) in [7, 11) is -2.54. The molecule has 2 unspecified atom stereocenters. The van der Waals surface area contributed by atoms with Gasteiger partial charge in [0.15, 0.2) is 23.0 Å². The summed E-state index contributed by atoms with van der Waals surface area (Å²) in [4.78, 5) is 24.4. The number of carbonyl (C=O) groups is 1. The standard InChI is InChI=1S/C26H31N6O5P/c1-19(15-32-17-31-24-25(27)29-16-30-26(24)32)36-18-38(34)37-22-11-6-5-10-21(22)35-13-7-12-28-23(33)14-20-8-3-2-4-9-20/h2-6,8-11,16-17,19,38H,7,12-15,18H2,1H3,(H,28,33)(H2,27,29,30). The predicted octanol–water partition coefficient (Wildman–Crippen LogP) is 3.45. The van der Waals surface area contributed by atoms with Crippen molar-refractivity contribution in [3.8, 4) is 11.5 Å². The number of hydrogen-bond acceptors (Lipinski definition) is 9. The van der Waals surface area contributed by atoms with Crippen LogP contribution in [0.1, 0.15) is 18.9 Å². The first kappa shape index (κ1) is 27.1. The molecule has 0 bridgehead atoms. The van der Waals surface area contributed by atoms with E-state index >= 15 is 0 Å². The molecule has 0 radical (unpaired) electrons. The van der Waals surface area contributed by atoms with Crippen LogP contribution in [0.15, 0.2) is 67.3 Å². The lowest BCUT2D eigenvalue weighted by Gasteiger charge is -2.16. The van der Waals surface area contributed by atoms with Gasteiger partial charge in [-0.15, -0.1) is 0 Å². The summed E-state index contributed by atoms with van der Waals surface area (Å²) < 4.78 is 31.6. The average molecular weight is 539 g/mol. The summed E-state index contributed by atoms with van der Waals surface area (Å²) in [5.41, 5.74) is 7.94. The first-order valence-electron chi connectivity index (χ1n) is 12.3. The van der Waals surface area contributed by atoms with Gasteiger partial charge in [-0.3, -0.25) is 9.36 Å². The van der Waals surface area contributed by atoms with Gasteiger partial charge in [0.25, 0.3) is 8.03 Å².